The minimum atomic E-state index is -0.699. The summed E-state index contributed by atoms with van der Waals surface area (Å²) in [4.78, 5) is 0. The van der Waals surface area contributed by atoms with Crippen LogP contribution < -0.4 is 4.74 Å². The average molecular weight is 355 g/mol. The van der Waals surface area contributed by atoms with Crippen molar-refractivity contribution in [3.05, 3.63) is 58.7 Å². The minimum Gasteiger partial charge on any atom is -0.451 e. The molecule has 1 nitrogen and oxygen atoms in total. The molecular formula is C17H17BrF2O. The van der Waals surface area contributed by atoms with E-state index in [9.17, 15) is 8.78 Å². The number of benzene rings is 2. The lowest BCUT2D eigenvalue weighted by Gasteiger charge is -2.13. The number of hydrogen-bond donors (Lipinski definition) is 0. The Labute approximate surface area is 132 Å². The normalized spacial score (nSPS) is 11.0. The summed E-state index contributed by atoms with van der Waals surface area (Å²) < 4.78 is 33.2. The van der Waals surface area contributed by atoms with Crippen LogP contribution in [0.2, 0.25) is 0 Å². The van der Waals surface area contributed by atoms with E-state index in [1.54, 1.807) is 12.1 Å². The van der Waals surface area contributed by atoms with Gasteiger partial charge in [-0.15, -0.1) is 0 Å². The van der Waals surface area contributed by atoms with Gasteiger partial charge in [0.2, 0.25) is 0 Å². The molecule has 0 aliphatic heterocycles. The number of alkyl halides is 1. The summed E-state index contributed by atoms with van der Waals surface area (Å²) >= 11 is 3.17. The maximum absolute atomic E-state index is 13.9. The predicted molar refractivity (Wildman–Crippen MR) is 84.3 cm³/mol. The Hall–Kier alpha value is -1.42. The summed E-state index contributed by atoms with van der Waals surface area (Å²) in [6, 6.07) is 8.00. The first-order valence-corrected chi connectivity index (χ1v) is 7.86. The van der Waals surface area contributed by atoms with Gasteiger partial charge in [0.05, 0.1) is 0 Å². The highest BCUT2D eigenvalue weighted by Crippen LogP contribution is 2.31. The molecule has 2 aromatic carbocycles. The molecule has 0 heterocycles. The van der Waals surface area contributed by atoms with Crippen molar-refractivity contribution in [1.82, 2.24) is 0 Å². The van der Waals surface area contributed by atoms with Gasteiger partial charge in [-0.05, 0) is 53.8 Å². The molecule has 0 spiro atoms. The van der Waals surface area contributed by atoms with E-state index in [0.717, 1.165) is 5.56 Å². The fourth-order valence-corrected chi connectivity index (χ4v) is 2.59. The van der Waals surface area contributed by atoms with Gasteiger partial charge in [0, 0.05) is 5.33 Å². The highest BCUT2D eigenvalue weighted by Gasteiger charge is 2.14. The molecule has 0 fully saturated rings. The Morgan fingerprint density at radius 1 is 1.10 bits per heavy atom. The van der Waals surface area contributed by atoms with Crippen LogP contribution in [0.1, 0.15) is 36.5 Å². The minimum absolute atomic E-state index is 0.364. The highest BCUT2D eigenvalue weighted by molar-refractivity contribution is 9.08. The smallest absolute Gasteiger partial charge is 0.198 e. The van der Waals surface area contributed by atoms with Gasteiger partial charge in [-0.3, -0.25) is 0 Å². The van der Waals surface area contributed by atoms with Crippen molar-refractivity contribution < 1.29 is 13.5 Å². The van der Waals surface area contributed by atoms with E-state index >= 15 is 0 Å². The van der Waals surface area contributed by atoms with Crippen molar-refractivity contribution >= 4 is 15.9 Å². The summed E-state index contributed by atoms with van der Waals surface area (Å²) in [6.45, 7) is 6.16. The van der Waals surface area contributed by atoms with E-state index in [1.807, 2.05) is 13.0 Å². The van der Waals surface area contributed by atoms with Crippen LogP contribution >= 0.6 is 15.9 Å². The Morgan fingerprint density at radius 3 is 2.19 bits per heavy atom. The fourth-order valence-electron chi connectivity index (χ4n) is 2.26. The molecule has 0 aromatic heterocycles. The van der Waals surface area contributed by atoms with Crippen LogP contribution in [0.15, 0.2) is 30.3 Å². The number of rotatable bonds is 4. The largest absolute Gasteiger partial charge is 0.451 e. The van der Waals surface area contributed by atoms with Crippen LogP contribution in [-0.2, 0) is 5.33 Å². The number of hydrogen-bond acceptors (Lipinski definition) is 1. The van der Waals surface area contributed by atoms with Crippen molar-refractivity contribution in [1.29, 1.82) is 0 Å². The fraction of sp³-hybridized carbons (Fsp3) is 0.294. The molecule has 0 N–H and O–H groups in total. The quantitative estimate of drug-likeness (QED) is 0.604. The van der Waals surface area contributed by atoms with Crippen LogP contribution in [0, 0.1) is 18.6 Å². The van der Waals surface area contributed by atoms with Gasteiger partial charge < -0.3 is 4.74 Å². The molecule has 0 saturated carbocycles. The second-order valence-electron chi connectivity index (χ2n) is 5.30. The topological polar surface area (TPSA) is 9.23 Å². The standard InChI is InChI=1S/C17H17BrF2O/c1-10(2)14-5-4-13(6-11(14)3)21-17-15(19)7-12(9-18)8-16(17)20/h4-8,10H,9H2,1-3H3. The van der Waals surface area contributed by atoms with Gasteiger partial charge in [0.25, 0.3) is 0 Å². The summed E-state index contributed by atoms with van der Waals surface area (Å²) in [7, 11) is 0. The first kappa shape index (κ1) is 16.0. The third-order valence-corrected chi connectivity index (χ3v) is 3.94. The zero-order valence-electron chi connectivity index (χ0n) is 12.2. The molecule has 2 aromatic rings. The molecule has 4 heteroatoms. The van der Waals surface area contributed by atoms with E-state index in [4.69, 9.17) is 4.74 Å². The third kappa shape index (κ3) is 3.62. The van der Waals surface area contributed by atoms with Gasteiger partial charge >= 0.3 is 0 Å². The van der Waals surface area contributed by atoms with Crippen LogP contribution in [-0.4, -0.2) is 0 Å². The lowest BCUT2D eigenvalue weighted by Crippen LogP contribution is -1.97. The molecule has 112 valence electrons. The van der Waals surface area contributed by atoms with Gasteiger partial charge in [0.15, 0.2) is 17.4 Å². The van der Waals surface area contributed by atoms with Crippen molar-refractivity contribution in [2.24, 2.45) is 0 Å². The van der Waals surface area contributed by atoms with E-state index in [1.165, 1.54) is 17.7 Å². The van der Waals surface area contributed by atoms with E-state index in [0.29, 0.717) is 22.6 Å². The zero-order chi connectivity index (χ0) is 15.6. The number of ether oxygens (including phenoxy) is 1. The molecule has 0 aliphatic carbocycles. The van der Waals surface area contributed by atoms with Crippen molar-refractivity contribution in [3.8, 4) is 11.5 Å². The molecule has 2 rings (SSSR count). The molecule has 0 unspecified atom stereocenters. The summed E-state index contributed by atoms with van der Waals surface area (Å²) in [5, 5.41) is 0.392. The summed E-state index contributed by atoms with van der Waals surface area (Å²) in [5.74, 6) is -0.937. The molecule has 0 radical (unpaired) electrons. The Balaban J connectivity index is 2.32. The summed E-state index contributed by atoms with van der Waals surface area (Å²) in [5.41, 5.74) is 2.77. The lowest BCUT2D eigenvalue weighted by molar-refractivity contribution is 0.406. The van der Waals surface area contributed by atoms with E-state index < -0.39 is 11.6 Å². The molecule has 21 heavy (non-hydrogen) atoms. The molecule has 0 aliphatic rings. The van der Waals surface area contributed by atoms with Crippen LogP contribution in [0.5, 0.6) is 11.5 Å². The van der Waals surface area contributed by atoms with Crippen molar-refractivity contribution in [3.63, 3.8) is 0 Å². The van der Waals surface area contributed by atoms with Gasteiger partial charge in [-0.25, -0.2) is 8.78 Å². The van der Waals surface area contributed by atoms with E-state index in [-0.39, 0.29) is 5.75 Å². The Bertz CT molecular complexity index is 630. The monoisotopic (exact) mass is 354 g/mol. The lowest BCUT2D eigenvalue weighted by atomic mass is 9.98. The number of aryl methyl sites for hydroxylation is 1. The second-order valence-corrected chi connectivity index (χ2v) is 5.86. The molecule has 0 saturated heterocycles. The first-order valence-electron chi connectivity index (χ1n) is 6.74. The maximum Gasteiger partial charge on any atom is 0.198 e. The molecular weight excluding hydrogens is 338 g/mol. The maximum atomic E-state index is 13.9. The number of halogens is 3. The van der Waals surface area contributed by atoms with Gasteiger partial charge in [-0.1, -0.05) is 35.8 Å². The average Bonchev–Trinajstić information content (AvgIpc) is 2.42. The van der Waals surface area contributed by atoms with Crippen LogP contribution in [0.4, 0.5) is 8.78 Å². The van der Waals surface area contributed by atoms with Crippen LogP contribution in [0.3, 0.4) is 0 Å². The molecule has 0 amide bonds. The Kier molecular flexibility index (Phi) is 4.99. The predicted octanol–water partition coefficient (Wildman–Crippen LogP) is 6.08. The highest BCUT2D eigenvalue weighted by atomic mass is 79.9. The summed E-state index contributed by atoms with van der Waals surface area (Å²) in [6.07, 6.45) is 0. The van der Waals surface area contributed by atoms with Crippen molar-refractivity contribution in [2.45, 2.75) is 32.0 Å². The Morgan fingerprint density at radius 2 is 1.71 bits per heavy atom. The second kappa shape index (κ2) is 6.56. The SMILES string of the molecule is Cc1cc(Oc2c(F)cc(CBr)cc2F)ccc1C(C)C. The van der Waals surface area contributed by atoms with Gasteiger partial charge in [-0.2, -0.15) is 0 Å². The first-order chi connectivity index (χ1) is 9.92. The zero-order valence-corrected chi connectivity index (χ0v) is 13.8. The van der Waals surface area contributed by atoms with Crippen LogP contribution in [0.25, 0.3) is 0 Å². The molecule has 0 atom stereocenters. The van der Waals surface area contributed by atoms with Crippen molar-refractivity contribution in [2.75, 3.05) is 0 Å². The molecule has 0 bridgehead atoms. The van der Waals surface area contributed by atoms with Gasteiger partial charge in [0.1, 0.15) is 5.75 Å². The third-order valence-electron chi connectivity index (χ3n) is 3.30. The van der Waals surface area contributed by atoms with E-state index in [2.05, 4.69) is 29.8 Å².